The Morgan fingerprint density at radius 2 is 2.11 bits per heavy atom. The molecule has 0 saturated heterocycles. The monoisotopic (exact) mass is 246 g/mol. The summed E-state index contributed by atoms with van der Waals surface area (Å²) in [5.74, 6) is -0.319. The number of carbonyl (C=O) groups is 1. The summed E-state index contributed by atoms with van der Waals surface area (Å²) < 4.78 is 10.5. The number of aromatic carboxylic acids is 1. The lowest BCUT2D eigenvalue weighted by molar-refractivity contribution is -0.255. The fourth-order valence-electron chi connectivity index (χ4n) is 1.62. The van der Waals surface area contributed by atoms with Crippen molar-refractivity contribution >= 4 is 5.97 Å². The molecular weight excluding hydrogens is 234 g/mol. The third-order valence-electron chi connectivity index (χ3n) is 2.66. The van der Waals surface area contributed by atoms with Crippen molar-refractivity contribution in [1.29, 1.82) is 0 Å². The SMILES string of the molecule is Cc1noc(C)c1COc1ccccc1C(=O)[O-]. The molecule has 5 nitrogen and oxygen atoms in total. The molecule has 0 saturated carbocycles. The smallest absolute Gasteiger partial charge is 0.140 e. The van der Waals surface area contributed by atoms with Crippen LogP contribution >= 0.6 is 0 Å². The van der Waals surface area contributed by atoms with Crippen LogP contribution in [0, 0.1) is 13.8 Å². The number of aromatic nitrogens is 1. The van der Waals surface area contributed by atoms with Crippen LogP contribution in [0.15, 0.2) is 28.8 Å². The normalized spacial score (nSPS) is 10.3. The highest BCUT2D eigenvalue weighted by molar-refractivity contribution is 5.89. The first-order valence-electron chi connectivity index (χ1n) is 5.44. The number of hydrogen-bond acceptors (Lipinski definition) is 5. The molecule has 1 aromatic carbocycles. The molecule has 0 fully saturated rings. The maximum absolute atomic E-state index is 10.9. The fourth-order valence-corrected chi connectivity index (χ4v) is 1.62. The van der Waals surface area contributed by atoms with Crippen molar-refractivity contribution in [2.24, 2.45) is 0 Å². The predicted octanol–water partition coefficient (Wildman–Crippen LogP) is 1.23. The topological polar surface area (TPSA) is 75.4 Å². The van der Waals surface area contributed by atoms with Gasteiger partial charge in [-0.15, -0.1) is 0 Å². The molecule has 0 amide bonds. The molecule has 0 aliphatic carbocycles. The molecule has 1 heterocycles. The highest BCUT2D eigenvalue weighted by atomic mass is 16.5. The molecule has 94 valence electrons. The van der Waals surface area contributed by atoms with E-state index in [1.165, 1.54) is 6.07 Å². The number of aryl methyl sites for hydroxylation is 2. The van der Waals surface area contributed by atoms with Gasteiger partial charge in [-0.05, 0) is 26.0 Å². The van der Waals surface area contributed by atoms with Gasteiger partial charge < -0.3 is 19.2 Å². The van der Waals surface area contributed by atoms with Crippen LogP contribution in [0.4, 0.5) is 0 Å². The van der Waals surface area contributed by atoms with Gasteiger partial charge in [-0.3, -0.25) is 0 Å². The molecule has 0 atom stereocenters. The van der Waals surface area contributed by atoms with Gasteiger partial charge in [0.2, 0.25) is 0 Å². The Labute approximate surface area is 104 Å². The summed E-state index contributed by atoms with van der Waals surface area (Å²) in [5, 5.41) is 14.7. The Hall–Kier alpha value is -2.30. The molecule has 18 heavy (non-hydrogen) atoms. The predicted molar refractivity (Wildman–Crippen MR) is 61.1 cm³/mol. The number of ether oxygens (including phenoxy) is 1. The number of hydrogen-bond donors (Lipinski definition) is 0. The molecule has 0 unspecified atom stereocenters. The Balaban J connectivity index is 2.18. The van der Waals surface area contributed by atoms with E-state index in [2.05, 4.69) is 5.16 Å². The highest BCUT2D eigenvalue weighted by Gasteiger charge is 2.11. The molecule has 0 bridgehead atoms. The van der Waals surface area contributed by atoms with E-state index in [-0.39, 0.29) is 17.9 Å². The van der Waals surface area contributed by atoms with E-state index in [0.29, 0.717) is 5.76 Å². The van der Waals surface area contributed by atoms with Crippen LogP contribution in [0.2, 0.25) is 0 Å². The van der Waals surface area contributed by atoms with Crippen molar-refractivity contribution in [2.45, 2.75) is 20.5 Å². The van der Waals surface area contributed by atoms with Crippen molar-refractivity contribution in [2.75, 3.05) is 0 Å². The lowest BCUT2D eigenvalue weighted by Gasteiger charge is -2.11. The third-order valence-corrected chi connectivity index (χ3v) is 2.66. The molecule has 0 radical (unpaired) electrons. The number of carboxylic acids is 1. The highest BCUT2D eigenvalue weighted by Crippen LogP contribution is 2.20. The maximum Gasteiger partial charge on any atom is 0.140 e. The van der Waals surface area contributed by atoms with Gasteiger partial charge in [0, 0.05) is 5.56 Å². The van der Waals surface area contributed by atoms with Crippen LogP contribution in [-0.2, 0) is 6.61 Å². The van der Waals surface area contributed by atoms with Crippen LogP contribution < -0.4 is 9.84 Å². The third kappa shape index (κ3) is 2.34. The minimum Gasteiger partial charge on any atom is -0.545 e. The van der Waals surface area contributed by atoms with Gasteiger partial charge in [0.05, 0.1) is 17.2 Å². The fraction of sp³-hybridized carbons (Fsp3) is 0.231. The molecule has 2 aromatic rings. The van der Waals surface area contributed by atoms with E-state index in [9.17, 15) is 9.90 Å². The average molecular weight is 246 g/mol. The van der Waals surface area contributed by atoms with Gasteiger partial charge in [-0.25, -0.2) is 0 Å². The molecule has 1 aromatic heterocycles. The number of rotatable bonds is 4. The van der Waals surface area contributed by atoms with E-state index in [0.717, 1.165) is 11.3 Å². The second kappa shape index (κ2) is 4.91. The molecule has 0 N–H and O–H groups in total. The summed E-state index contributed by atoms with van der Waals surface area (Å²) >= 11 is 0. The van der Waals surface area contributed by atoms with E-state index >= 15 is 0 Å². The second-order valence-corrected chi connectivity index (χ2v) is 3.88. The number of carbonyl (C=O) groups excluding carboxylic acids is 1. The van der Waals surface area contributed by atoms with Crippen molar-refractivity contribution < 1.29 is 19.2 Å². The summed E-state index contributed by atoms with van der Waals surface area (Å²) in [6.45, 7) is 3.80. The Morgan fingerprint density at radius 1 is 1.39 bits per heavy atom. The van der Waals surface area contributed by atoms with Crippen molar-refractivity contribution in [3.8, 4) is 5.75 Å². The number of para-hydroxylation sites is 1. The minimum absolute atomic E-state index is 0.0317. The van der Waals surface area contributed by atoms with Crippen LogP contribution in [0.3, 0.4) is 0 Å². The lowest BCUT2D eigenvalue weighted by Crippen LogP contribution is -2.23. The summed E-state index contributed by atoms with van der Waals surface area (Å²) in [6.07, 6.45) is 0. The lowest BCUT2D eigenvalue weighted by atomic mass is 10.2. The van der Waals surface area contributed by atoms with Crippen LogP contribution in [0.1, 0.15) is 27.4 Å². The van der Waals surface area contributed by atoms with E-state index in [1.54, 1.807) is 32.0 Å². The summed E-state index contributed by atoms with van der Waals surface area (Å²) in [5.41, 5.74) is 1.59. The molecule has 0 aliphatic rings. The molecule has 0 spiro atoms. The molecule has 2 rings (SSSR count). The van der Waals surface area contributed by atoms with Gasteiger partial charge in [-0.2, -0.15) is 0 Å². The van der Waals surface area contributed by atoms with Gasteiger partial charge >= 0.3 is 0 Å². The van der Waals surface area contributed by atoms with E-state index in [1.807, 2.05) is 0 Å². The van der Waals surface area contributed by atoms with Crippen molar-refractivity contribution in [3.63, 3.8) is 0 Å². The van der Waals surface area contributed by atoms with Gasteiger partial charge in [0.25, 0.3) is 0 Å². The molecule has 5 heteroatoms. The maximum atomic E-state index is 10.9. The molecule has 0 aliphatic heterocycles. The zero-order valence-electron chi connectivity index (χ0n) is 10.1. The number of benzene rings is 1. The van der Waals surface area contributed by atoms with E-state index < -0.39 is 5.97 Å². The Morgan fingerprint density at radius 3 is 2.72 bits per heavy atom. The zero-order valence-corrected chi connectivity index (χ0v) is 10.1. The van der Waals surface area contributed by atoms with Gasteiger partial charge in [0.15, 0.2) is 0 Å². The number of carboxylic acid groups (broad SMARTS) is 1. The van der Waals surface area contributed by atoms with Crippen LogP contribution in [0.5, 0.6) is 5.75 Å². The molecular formula is C13H12NO4-. The minimum atomic E-state index is -1.26. The zero-order chi connectivity index (χ0) is 13.1. The van der Waals surface area contributed by atoms with Crippen LogP contribution in [-0.4, -0.2) is 11.1 Å². The first-order valence-corrected chi connectivity index (χ1v) is 5.44. The quantitative estimate of drug-likeness (QED) is 0.811. The Kier molecular flexibility index (Phi) is 3.32. The Bertz CT molecular complexity index is 555. The van der Waals surface area contributed by atoms with Crippen molar-refractivity contribution in [3.05, 3.63) is 46.8 Å². The first-order chi connectivity index (χ1) is 8.59. The van der Waals surface area contributed by atoms with Gasteiger partial charge in [0.1, 0.15) is 18.1 Å². The average Bonchev–Trinajstić information content (AvgIpc) is 2.67. The first kappa shape index (κ1) is 12.2. The van der Waals surface area contributed by atoms with Crippen molar-refractivity contribution in [1.82, 2.24) is 5.16 Å². The van der Waals surface area contributed by atoms with Crippen LogP contribution in [0.25, 0.3) is 0 Å². The second-order valence-electron chi connectivity index (χ2n) is 3.88. The van der Waals surface area contributed by atoms with Gasteiger partial charge in [-0.1, -0.05) is 17.3 Å². The standard InChI is InChI=1S/C13H13NO4/c1-8-11(9(2)18-14-8)7-17-12-6-4-3-5-10(12)13(15)16/h3-6H,7H2,1-2H3,(H,15,16)/p-1. The summed E-state index contributed by atoms with van der Waals surface area (Å²) in [4.78, 5) is 10.9. The summed E-state index contributed by atoms with van der Waals surface area (Å²) in [7, 11) is 0. The number of nitrogens with zero attached hydrogens (tertiary/aromatic N) is 1. The summed E-state index contributed by atoms with van der Waals surface area (Å²) in [6, 6.07) is 6.35. The van der Waals surface area contributed by atoms with E-state index in [4.69, 9.17) is 9.26 Å². The largest absolute Gasteiger partial charge is 0.545 e.